The second-order valence-corrected chi connectivity index (χ2v) is 7.41. The van der Waals surface area contributed by atoms with Gasteiger partial charge in [0.1, 0.15) is 10.6 Å². The summed E-state index contributed by atoms with van der Waals surface area (Å²) in [7, 11) is 1.31. The van der Waals surface area contributed by atoms with Crippen LogP contribution in [0, 0.1) is 0 Å². The number of carbonyl (C=O) groups excluding carboxylic acids is 2. The molecule has 1 heterocycles. The summed E-state index contributed by atoms with van der Waals surface area (Å²) in [5, 5.41) is 7.91. The number of nitrogens with one attached hydrogen (secondary N) is 1. The van der Waals surface area contributed by atoms with Crippen molar-refractivity contribution in [2.45, 2.75) is 50.4 Å². The summed E-state index contributed by atoms with van der Waals surface area (Å²) in [6.07, 6.45) is 4.46. The molecule has 0 aliphatic carbocycles. The van der Waals surface area contributed by atoms with Crippen molar-refractivity contribution in [2.24, 2.45) is 0 Å². The first-order chi connectivity index (χ1) is 11.2. The topological polar surface area (TPSA) is 82.5 Å². The summed E-state index contributed by atoms with van der Waals surface area (Å²) in [4.78, 5) is 23.4. The number of hydrogen-bond donors (Lipinski definition) is 1. The Bertz CT molecular complexity index is 608. The first-order valence-electron chi connectivity index (χ1n) is 7.67. The van der Waals surface area contributed by atoms with E-state index in [1.807, 2.05) is 27.7 Å². The van der Waals surface area contributed by atoms with Crippen LogP contribution in [0.15, 0.2) is 17.3 Å². The number of rotatable bonds is 7. The van der Waals surface area contributed by atoms with Crippen molar-refractivity contribution in [3.8, 4) is 0 Å². The summed E-state index contributed by atoms with van der Waals surface area (Å²) in [5.74, 6) is -0.396. The lowest BCUT2D eigenvalue weighted by molar-refractivity contribution is 0.0522. The Kier molecular flexibility index (Phi) is 7.34. The maximum Gasteiger partial charge on any atom is 0.407 e. The molecular weight excluding hydrogens is 330 g/mol. The highest BCUT2D eigenvalue weighted by Gasteiger charge is 2.21. The van der Waals surface area contributed by atoms with E-state index in [2.05, 4.69) is 15.2 Å². The number of carbonyl (C=O) groups is 2. The van der Waals surface area contributed by atoms with Gasteiger partial charge in [0.05, 0.1) is 25.5 Å². The lowest BCUT2D eigenvalue weighted by atomic mass is 10.1. The maximum atomic E-state index is 12.1. The Morgan fingerprint density at radius 3 is 2.67 bits per heavy atom. The van der Waals surface area contributed by atoms with E-state index >= 15 is 0 Å². The smallest absolute Gasteiger partial charge is 0.407 e. The molecule has 0 fully saturated rings. The molecule has 0 spiro atoms. The number of amides is 1. The van der Waals surface area contributed by atoms with Crippen molar-refractivity contribution < 1.29 is 19.1 Å². The van der Waals surface area contributed by atoms with Crippen LogP contribution in [-0.2, 0) is 9.47 Å². The molecule has 0 aromatic carbocycles. The Hall–Kier alpha value is -1.96. The molecular formula is C16H25N3O4S. The molecule has 0 atom stereocenters. The van der Waals surface area contributed by atoms with E-state index in [0.29, 0.717) is 17.2 Å². The van der Waals surface area contributed by atoms with Crippen LogP contribution in [-0.4, -0.2) is 46.3 Å². The van der Waals surface area contributed by atoms with Crippen molar-refractivity contribution in [3.63, 3.8) is 0 Å². The summed E-state index contributed by atoms with van der Waals surface area (Å²) in [6.45, 7) is 9.78. The van der Waals surface area contributed by atoms with Gasteiger partial charge in [-0.15, -0.1) is 11.8 Å². The highest BCUT2D eigenvalue weighted by molar-refractivity contribution is 7.99. The van der Waals surface area contributed by atoms with Crippen molar-refractivity contribution >= 4 is 30.0 Å². The van der Waals surface area contributed by atoms with Crippen LogP contribution in [0.5, 0.6) is 0 Å². The second-order valence-electron chi connectivity index (χ2n) is 5.85. The highest BCUT2D eigenvalue weighted by Crippen LogP contribution is 2.27. The molecule has 7 nitrogen and oxygen atoms in total. The lowest BCUT2D eigenvalue weighted by Gasteiger charge is -2.21. The van der Waals surface area contributed by atoms with E-state index < -0.39 is 17.6 Å². The van der Waals surface area contributed by atoms with Crippen LogP contribution in [0.3, 0.4) is 0 Å². The lowest BCUT2D eigenvalue weighted by Crippen LogP contribution is -2.41. The number of nitrogens with zero attached hydrogens (tertiary/aromatic N) is 2. The van der Waals surface area contributed by atoms with E-state index in [0.717, 1.165) is 0 Å². The Morgan fingerprint density at radius 1 is 1.46 bits per heavy atom. The molecule has 0 unspecified atom stereocenters. The van der Waals surface area contributed by atoms with Crippen LogP contribution in [0.2, 0.25) is 0 Å². The number of hydrogen-bond acceptors (Lipinski definition) is 6. The van der Waals surface area contributed by atoms with Gasteiger partial charge >= 0.3 is 12.1 Å². The van der Waals surface area contributed by atoms with E-state index in [4.69, 9.17) is 4.74 Å². The molecule has 1 aromatic rings. The third-order valence-corrected chi connectivity index (χ3v) is 3.94. The number of ether oxygens (including phenoxy) is 2. The molecule has 8 heteroatoms. The van der Waals surface area contributed by atoms with Crippen molar-refractivity contribution in [2.75, 3.05) is 13.7 Å². The summed E-state index contributed by atoms with van der Waals surface area (Å²) < 4.78 is 11.3. The summed E-state index contributed by atoms with van der Waals surface area (Å²) >= 11 is 1.52. The third-order valence-electron chi connectivity index (χ3n) is 2.83. The van der Waals surface area contributed by atoms with E-state index in [-0.39, 0.29) is 5.25 Å². The zero-order valence-corrected chi connectivity index (χ0v) is 15.8. The fourth-order valence-corrected chi connectivity index (χ4v) is 2.69. The Balaban J connectivity index is 3.08. The predicted molar refractivity (Wildman–Crippen MR) is 94.1 cm³/mol. The highest BCUT2D eigenvalue weighted by atomic mass is 32.2. The second kappa shape index (κ2) is 8.77. The molecule has 0 aliphatic heterocycles. The zero-order valence-electron chi connectivity index (χ0n) is 15.0. The van der Waals surface area contributed by atoms with Gasteiger partial charge in [-0.2, -0.15) is 5.10 Å². The fraction of sp³-hybridized carbons (Fsp3) is 0.562. The molecule has 24 heavy (non-hydrogen) atoms. The first kappa shape index (κ1) is 20.1. The van der Waals surface area contributed by atoms with Crippen molar-refractivity contribution in [1.29, 1.82) is 0 Å². The van der Waals surface area contributed by atoms with Gasteiger partial charge < -0.3 is 14.8 Å². The van der Waals surface area contributed by atoms with Crippen LogP contribution in [0.4, 0.5) is 4.79 Å². The van der Waals surface area contributed by atoms with E-state index in [9.17, 15) is 9.59 Å². The Labute approximate surface area is 146 Å². The predicted octanol–water partition coefficient (Wildman–Crippen LogP) is 3.17. The van der Waals surface area contributed by atoms with Gasteiger partial charge in [-0.05, 0) is 26.8 Å². The average Bonchev–Trinajstić information content (AvgIpc) is 2.87. The van der Waals surface area contributed by atoms with Crippen LogP contribution < -0.4 is 5.32 Å². The number of aromatic nitrogens is 2. The minimum absolute atomic E-state index is 0.267. The van der Waals surface area contributed by atoms with Gasteiger partial charge in [0, 0.05) is 11.4 Å². The van der Waals surface area contributed by atoms with Crippen LogP contribution in [0.1, 0.15) is 45.0 Å². The molecule has 1 N–H and O–H groups in total. The standard InChI is InChI=1S/C16H25N3O4S/c1-7-23-14(20)12-10-17-19(13(12)24-11(2)3)9-8-16(4,5)18-15(21)22-6/h8-11H,7H2,1-6H3,(H,18,21)/b9-8+. The van der Waals surface area contributed by atoms with Gasteiger partial charge in [-0.3, -0.25) is 0 Å². The quantitative estimate of drug-likeness (QED) is 0.597. The zero-order chi connectivity index (χ0) is 18.3. The molecule has 1 rings (SSSR count). The van der Waals surface area contributed by atoms with Gasteiger partial charge in [0.25, 0.3) is 0 Å². The fourth-order valence-electron chi connectivity index (χ4n) is 1.76. The van der Waals surface area contributed by atoms with E-state index in [1.54, 1.807) is 23.9 Å². The molecule has 1 amide bonds. The van der Waals surface area contributed by atoms with Crippen LogP contribution in [0.25, 0.3) is 6.20 Å². The SMILES string of the molecule is CCOC(=O)c1cnn(/C=C/C(C)(C)NC(=O)OC)c1SC(C)C. The third kappa shape index (κ3) is 5.92. The summed E-state index contributed by atoms with van der Waals surface area (Å²) in [5.41, 5.74) is -0.206. The summed E-state index contributed by atoms with van der Waals surface area (Å²) in [6, 6.07) is 0. The van der Waals surface area contributed by atoms with E-state index in [1.165, 1.54) is 25.1 Å². The molecule has 0 saturated heterocycles. The van der Waals surface area contributed by atoms with Gasteiger partial charge in [0.2, 0.25) is 0 Å². The maximum absolute atomic E-state index is 12.1. The van der Waals surface area contributed by atoms with Crippen molar-refractivity contribution in [3.05, 3.63) is 17.8 Å². The van der Waals surface area contributed by atoms with Gasteiger partial charge in [-0.25, -0.2) is 14.3 Å². The number of esters is 1. The molecule has 0 radical (unpaired) electrons. The molecule has 0 aliphatic rings. The van der Waals surface area contributed by atoms with Crippen LogP contribution >= 0.6 is 11.8 Å². The largest absolute Gasteiger partial charge is 0.462 e. The number of methoxy groups -OCH3 is 1. The average molecular weight is 355 g/mol. The normalized spacial score (nSPS) is 11.8. The molecule has 0 bridgehead atoms. The first-order valence-corrected chi connectivity index (χ1v) is 8.55. The number of thioether (sulfide) groups is 1. The van der Waals surface area contributed by atoms with Crippen molar-refractivity contribution in [1.82, 2.24) is 15.1 Å². The minimum atomic E-state index is -0.636. The molecule has 0 saturated carbocycles. The number of alkyl carbamates (subject to hydrolysis) is 1. The minimum Gasteiger partial charge on any atom is -0.462 e. The van der Waals surface area contributed by atoms with Gasteiger partial charge in [-0.1, -0.05) is 13.8 Å². The monoisotopic (exact) mass is 355 g/mol. The molecule has 134 valence electrons. The Morgan fingerprint density at radius 2 is 2.12 bits per heavy atom. The molecule has 1 aromatic heterocycles. The van der Waals surface area contributed by atoms with Gasteiger partial charge in [0.15, 0.2) is 0 Å².